The number of ketones is 1. The average molecular weight is 580 g/mol. The Morgan fingerprint density at radius 2 is 1.49 bits per heavy atom. The summed E-state index contributed by atoms with van der Waals surface area (Å²) >= 11 is 0.604. The van der Waals surface area contributed by atoms with E-state index in [2.05, 4.69) is 0 Å². The highest BCUT2D eigenvalue weighted by molar-refractivity contribution is 8.18. The van der Waals surface area contributed by atoms with Crippen LogP contribution in [0.3, 0.4) is 0 Å². The number of ether oxygens (including phenoxy) is 2. The van der Waals surface area contributed by atoms with Gasteiger partial charge in [0.1, 0.15) is 0 Å². The molecule has 4 rings (SSSR count). The molecule has 208 valence electrons. The Morgan fingerprint density at radius 1 is 0.854 bits per heavy atom. The highest BCUT2D eigenvalue weighted by Gasteiger charge is 2.36. The molecular weight excluding hydrogens is 564 g/mol. The van der Waals surface area contributed by atoms with Crippen molar-refractivity contribution in [3.63, 3.8) is 0 Å². The second-order valence-electron chi connectivity index (χ2n) is 8.17. The molecule has 1 heterocycles. The summed E-state index contributed by atoms with van der Waals surface area (Å²) in [5.74, 6) is -1.46. The van der Waals surface area contributed by atoms with Crippen LogP contribution in [0.5, 0.6) is 17.2 Å². The lowest BCUT2D eigenvalue weighted by Gasteiger charge is -2.12. The van der Waals surface area contributed by atoms with Crippen LogP contribution in [0.1, 0.15) is 15.9 Å². The van der Waals surface area contributed by atoms with Crippen molar-refractivity contribution >= 4 is 51.8 Å². The number of methoxy groups -OCH3 is 1. The lowest BCUT2D eigenvalue weighted by Crippen LogP contribution is -2.33. The van der Waals surface area contributed by atoms with Gasteiger partial charge in [-0.3, -0.25) is 49.6 Å². The SMILES string of the molecule is COc1cc(/C=C2/SC(=O)N(CC(=O)c3ccc([N+](=O)[O-])cc3)C2=O)ccc1Oc1ccc([N+](=O)[O-])cc1[N+](=O)[O-]. The number of carbonyl (C=O) groups excluding carboxylic acids is 3. The van der Waals surface area contributed by atoms with Crippen molar-refractivity contribution in [1.29, 1.82) is 0 Å². The van der Waals surface area contributed by atoms with Gasteiger partial charge in [0.05, 0.1) is 39.4 Å². The number of nitrogens with zero attached hydrogens (tertiary/aromatic N) is 4. The van der Waals surface area contributed by atoms with E-state index in [1.165, 1.54) is 43.5 Å². The summed E-state index contributed by atoms with van der Waals surface area (Å²) in [6, 6.07) is 11.9. The fourth-order valence-corrected chi connectivity index (χ4v) is 4.45. The molecule has 3 aromatic rings. The molecule has 0 spiro atoms. The maximum absolute atomic E-state index is 12.9. The molecule has 1 aliphatic rings. The zero-order valence-electron chi connectivity index (χ0n) is 20.7. The van der Waals surface area contributed by atoms with Gasteiger partial charge in [-0.1, -0.05) is 6.07 Å². The summed E-state index contributed by atoms with van der Waals surface area (Å²) in [6.07, 6.45) is 1.38. The number of thioether (sulfide) groups is 1. The molecule has 0 saturated carbocycles. The van der Waals surface area contributed by atoms with Gasteiger partial charge >= 0.3 is 5.69 Å². The normalized spacial score (nSPS) is 13.8. The molecule has 16 heteroatoms. The van der Waals surface area contributed by atoms with Gasteiger partial charge < -0.3 is 9.47 Å². The lowest BCUT2D eigenvalue weighted by atomic mass is 10.1. The zero-order chi connectivity index (χ0) is 29.8. The Morgan fingerprint density at radius 3 is 2.10 bits per heavy atom. The van der Waals surface area contributed by atoms with Crippen molar-refractivity contribution in [3.05, 3.63) is 107 Å². The summed E-state index contributed by atoms with van der Waals surface area (Å²) in [6.45, 7) is -0.566. The second-order valence-corrected chi connectivity index (χ2v) is 9.17. The van der Waals surface area contributed by atoms with Crippen LogP contribution < -0.4 is 9.47 Å². The third-order valence-electron chi connectivity index (χ3n) is 5.63. The fraction of sp³-hybridized carbons (Fsp3) is 0.0800. The van der Waals surface area contributed by atoms with Crippen LogP contribution in [-0.4, -0.2) is 50.3 Å². The minimum atomic E-state index is -0.828. The topological polar surface area (TPSA) is 202 Å². The number of non-ortho nitro benzene ring substituents is 2. The summed E-state index contributed by atoms with van der Waals surface area (Å²) in [5.41, 5.74) is -0.864. The molecule has 0 N–H and O–H groups in total. The van der Waals surface area contributed by atoms with Crippen LogP contribution in [0.2, 0.25) is 0 Å². The third-order valence-corrected chi connectivity index (χ3v) is 6.54. The van der Waals surface area contributed by atoms with Crippen LogP contribution in [0.15, 0.2) is 65.6 Å². The lowest BCUT2D eigenvalue weighted by molar-refractivity contribution is -0.394. The van der Waals surface area contributed by atoms with Crippen molar-refractivity contribution in [1.82, 2.24) is 4.90 Å². The van der Waals surface area contributed by atoms with Gasteiger partial charge in [0.2, 0.25) is 5.75 Å². The number of amides is 2. The molecule has 0 radical (unpaired) electrons. The van der Waals surface area contributed by atoms with Gasteiger partial charge in [-0.25, -0.2) is 0 Å². The minimum Gasteiger partial charge on any atom is -0.493 e. The van der Waals surface area contributed by atoms with Crippen LogP contribution in [0, 0.1) is 30.3 Å². The monoisotopic (exact) mass is 580 g/mol. The van der Waals surface area contributed by atoms with Crippen LogP contribution in [-0.2, 0) is 4.79 Å². The van der Waals surface area contributed by atoms with Gasteiger partial charge in [0.25, 0.3) is 22.5 Å². The Bertz CT molecular complexity index is 1650. The molecule has 1 saturated heterocycles. The zero-order valence-corrected chi connectivity index (χ0v) is 21.6. The Balaban J connectivity index is 1.53. The molecule has 0 unspecified atom stereocenters. The maximum Gasteiger partial charge on any atom is 0.318 e. The fourth-order valence-electron chi connectivity index (χ4n) is 3.62. The van der Waals surface area contributed by atoms with E-state index < -0.39 is 49.6 Å². The summed E-state index contributed by atoms with van der Waals surface area (Å²) in [5, 5.41) is 32.5. The first kappa shape index (κ1) is 28.4. The highest BCUT2D eigenvalue weighted by atomic mass is 32.2. The van der Waals surface area contributed by atoms with E-state index in [1.54, 1.807) is 0 Å². The van der Waals surface area contributed by atoms with Crippen LogP contribution >= 0.6 is 11.8 Å². The van der Waals surface area contributed by atoms with E-state index in [0.717, 1.165) is 35.2 Å². The number of hydrogen-bond acceptors (Lipinski definition) is 12. The number of hydrogen-bond donors (Lipinski definition) is 0. The Hall–Kier alpha value is -5.64. The van der Waals surface area contributed by atoms with Crippen molar-refractivity contribution in [2.45, 2.75) is 0 Å². The second kappa shape index (κ2) is 11.6. The first-order chi connectivity index (χ1) is 19.5. The van der Waals surface area contributed by atoms with E-state index in [1.807, 2.05) is 0 Å². The first-order valence-corrected chi connectivity index (χ1v) is 12.1. The molecule has 0 bridgehead atoms. The summed E-state index contributed by atoms with van der Waals surface area (Å²) in [7, 11) is 1.30. The van der Waals surface area contributed by atoms with E-state index in [9.17, 15) is 44.7 Å². The first-order valence-electron chi connectivity index (χ1n) is 11.3. The number of Topliss-reactive ketones (excluding diaryl/α,β-unsaturated/α-hetero) is 1. The molecule has 1 aliphatic heterocycles. The largest absolute Gasteiger partial charge is 0.493 e. The minimum absolute atomic E-state index is 0.00762. The smallest absolute Gasteiger partial charge is 0.318 e. The van der Waals surface area contributed by atoms with Gasteiger partial charge in [0.15, 0.2) is 17.3 Å². The van der Waals surface area contributed by atoms with Crippen LogP contribution in [0.4, 0.5) is 21.9 Å². The number of benzene rings is 3. The van der Waals surface area contributed by atoms with Crippen LogP contribution in [0.25, 0.3) is 6.08 Å². The highest BCUT2D eigenvalue weighted by Crippen LogP contribution is 2.39. The van der Waals surface area contributed by atoms with Crippen molar-refractivity contribution in [2.75, 3.05) is 13.7 Å². The molecule has 1 fully saturated rings. The number of nitro groups is 3. The van der Waals surface area contributed by atoms with Crippen molar-refractivity contribution in [2.24, 2.45) is 0 Å². The molecule has 15 nitrogen and oxygen atoms in total. The van der Waals surface area contributed by atoms with Gasteiger partial charge in [0, 0.05) is 23.8 Å². The molecule has 0 atom stereocenters. The average Bonchev–Trinajstić information content (AvgIpc) is 3.20. The van der Waals surface area contributed by atoms with E-state index in [0.29, 0.717) is 17.3 Å². The number of imide groups is 1. The molecule has 3 aromatic carbocycles. The number of rotatable bonds is 10. The van der Waals surface area contributed by atoms with Gasteiger partial charge in [-0.15, -0.1) is 0 Å². The van der Waals surface area contributed by atoms with Crippen molar-refractivity contribution in [3.8, 4) is 17.2 Å². The standard InChI is InChI=1S/C25H16N4O11S/c1-39-22-10-14(2-8-21(22)40-20-9-7-17(28(35)36)12-18(20)29(37)38)11-23-24(31)26(25(32)41-23)13-19(30)15-3-5-16(6-4-15)27(33)34/h2-12H,13H2,1H3/b23-11+. The molecule has 0 aliphatic carbocycles. The predicted molar refractivity (Wildman–Crippen MR) is 143 cm³/mol. The van der Waals surface area contributed by atoms with Gasteiger partial charge in [-0.2, -0.15) is 0 Å². The third kappa shape index (κ3) is 6.17. The molecule has 41 heavy (non-hydrogen) atoms. The number of carbonyl (C=O) groups is 3. The van der Waals surface area contributed by atoms with E-state index >= 15 is 0 Å². The number of nitro benzene ring substituents is 3. The van der Waals surface area contributed by atoms with E-state index in [4.69, 9.17) is 9.47 Å². The molecular formula is C25H16N4O11S. The Labute approximate surface area is 233 Å². The summed E-state index contributed by atoms with van der Waals surface area (Å²) in [4.78, 5) is 69.6. The Kier molecular flexibility index (Phi) is 8.04. The molecule has 0 aromatic heterocycles. The van der Waals surface area contributed by atoms with Gasteiger partial charge in [-0.05, 0) is 53.7 Å². The van der Waals surface area contributed by atoms with E-state index in [-0.39, 0.29) is 33.4 Å². The van der Waals surface area contributed by atoms with Crippen molar-refractivity contribution < 1.29 is 38.6 Å². The summed E-state index contributed by atoms with van der Waals surface area (Å²) < 4.78 is 10.9. The molecule has 2 amide bonds. The maximum atomic E-state index is 12.9. The predicted octanol–water partition coefficient (Wildman–Crippen LogP) is 5.13. The quantitative estimate of drug-likeness (QED) is 0.132.